The minimum atomic E-state index is -4.74. The van der Waals surface area contributed by atoms with Crippen molar-refractivity contribution in [2.24, 2.45) is 4.99 Å². The summed E-state index contributed by atoms with van der Waals surface area (Å²) in [5.74, 6) is 1.15. The highest BCUT2D eigenvalue weighted by molar-refractivity contribution is 8.14. The molecule has 1 N–H and O–H groups in total. The molecule has 236 valence electrons. The van der Waals surface area contributed by atoms with Gasteiger partial charge < -0.3 is 15.0 Å². The molecule has 1 fully saturated rings. The lowest BCUT2D eigenvalue weighted by atomic mass is 10.0. The number of nitrogens with one attached hydrogen (secondary N) is 1. The van der Waals surface area contributed by atoms with Crippen LogP contribution in [0.25, 0.3) is 17.1 Å². The van der Waals surface area contributed by atoms with E-state index in [1.165, 1.54) is 40.8 Å². The van der Waals surface area contributed by atoms with Crippen molar-refractivity contribution < 1.29 is 22.7 Å². The van der Waals surface area contributed by atoms with E-state index in [-0.39, 0.29) is 17.8 Å². The summed E-state index contributed by atoms with van der Waals surface area (Å²) in [6.45, 7) is 4.98. The van der Waals surface area contributed by atoms with E-state index in [0.29, 0.717) is 11.5 Å². The maximum Gasteiger partial charge on any atom is 0.573 e. The molecule has 12 heteroatoms. The summed E-state index contributed by atoms with van der Waals surface area (Å²) in [5.41, 5.74) is 4.90. The van der Waals surface area contributed by atoms with Crippen LogP contribution in [0.3, 0.4) is 0 Å². The minimum Gasteiger partial charge on any atom is -0.406 e. The van der Waals surface area contributed by atoms with E-state index in [9.17, 15) is 18.0 Å². The fraction of sp³-hybridized carbons (Fsp3) is 0.333. The third-order valence-electron chi connectivity index (χ3n) is 7.36. The number of anilines is 1. The van der Waals surface area contributed by atoms with Crippen molar-refractivity contribution in [3.63, 3.8) is 0 Å². The first-order chi connectivity index (χ1) is 21.7. The monoisotopic (exact) mass is 636 g/mol. The summed E-state index contributed by atoms with van der Waals surface area (Å²) in [6.07, 6.45) is 1.29. The summed E-state index contributed by atoms with van der Waals surface area (Å²) >= 11 is 1.62. The van der Waals surface area contributed by atoms with Gasteiger partial charge in [-0.05, 0) is 80.5 Å². The van der Waals surface area contributed by atoms with Crippen LogP contribution >= 0.6 is 11.8 Å². The van der Waals surface area contributed by atoms with Crippen molar-refractivity contribution in [3.8, 4) is 22.8 Å². The van der Waals surface area contributed by atoms with Gasteiger partial charge in [-0.25, -0.2) is 14.5 Å². The molecule has 1 aromatic heterocycles. The number of amides is 2. The highest BCUT2D eigenvalue weighted by atomic mass is 32.2. The van der Waals surface area contributed by atoms with E-state index in [4.69, 9.17) is 0 Å². The fourth-order valence-electron chi connectivity index (χ4n) is 5.10. The number of aromatic nitrogens is 3. The number of hydrogen-bond acceptors (Lipinski definition) is 5. The number of hydrogen-bond donors (Lipinski definition) is 1. The van der Waals surface area contributed by atoms with Crippen molar-refractivity contribution >= 4 is 28.6 Å². The normalized spacial score (nSPS) is 15.2. The molecule has 45 heavy (non-hydrogen) atoms. The molecular formula is C33H35F3N6O2S. The van der Waals surface area contributed by atoms with E-state index >= 15 is 0 Å². The molecule has 0 saturated carbocycles. The van der Waals surface area contributed by atoms with Crippen molar-refractivity contribution in [1.82, 2.24) is 20.1 Å². The van der Waals surface area contributed by atoms with Gasteiger partial charge in [-0.3, -0.25) is 0 Å². The molecule has 0 aliphatic carbocycles. The van der Waals surface area contributed by atoms with Gasteiger partial charge in [-0.1, -0.05) is 61.2 Å². The van der Waals surface area contributed by atoms with E-state index in [2.05, 4.69) is 49.1 Å². The lowest BCUT2D eigenvalue weighted by molar-refractivity contribution is -0.274. The first-order valence-corrected chi connectivity index (χ1v) is 15.9. The summed E-state index contributed by atoms with van der Waals surface area (Å²) in [7, 11) is 0. The Morgan fingerprint density at radius 3 is 2.58 bits per heavy atom. The number of para-hydroxylation sites is 1. The number of carbonyl (C=O) groups is 1. The van der Waals surface area contributed by atoms with Crippen molar-refractivity contribution in [2.45, 2.75) is 58.4 Å². The molecule has 1 aliphatic heterocycles. The zero-order chi connectivity index (χ0) is 31.8. The van der Waals surface area contributed by atoms with E-state index < -0.39 is 6.36 Å². The number of urea groups is 1. The Morgan fingerprint density at radius 2 is 1.84 bits per heavy atom. The van der Waals surface area contributed by atoms with Crippen molar-refractivity contribution in [3.05, 3.63) is 90.3 Å². The smallest absolute Gasteiger partial charge is 0.406 e. The number of alkyl halides is 3. The number of thioether (sulfide) groups is 1. The second-order valence-corrected chi connectivity index (χ2v) is 11.8. The summed E-state index contributed by atoms with van der Waals surface area (Å²) in [5, 5.41) is 8.24. The zero-order valence-corrected chi connectivity index (χ0v) is 25.9. The van der Waals surface area contributed by atoms with Gasteiger partial charge in [-0.2, -0.15) is 4.99 Å². The molecule has 1 aliphatic rings. The van der Waals surface area contributed by atoms with E-state index in [1.54, 1.807) is 11.8 Å². The molecule has 4 aromatic rings. The lowest BCUT2D eigenvalue weighted by Crippen LogP contribution is -2.37. The third-order valence-corrected chi connectivity index (χ3v) is 8.42. The van der Waals surface area contributed by atoms with Crippen LogP contribution in [-0.4, -0.2) is 50.7 Å². The second-order valence-electron chi connectivity index (χ2n) is 10.7. The van der Waals surface area contributed by atoms with E-state index in [0.717, 1.165) is 66.4 Å². The Hall–Kier alpha value is -4.32. The second kappa shape index (κ2) is 14.6. The van der Waals surface area contributed by atoms with Crippen LogP contribution in [0.5, 0.6) is 5.75 Å². The highest BCUT2D eigenvalue weighted by Crippen LogP contribution is 2.29. The van der Waals surface area contributed by atoms with Gasteiger partial charge in [-0.15, -0.1) is 18.3 Å². The number of nitrogens with zero attached hydrogens (tertiary/aromatic N) is 5. The number of rotatable bonds is 10. The van der Waals surface area contributed by atoms with Crippen LogP contribution < -0.4 is 15.0 Å². The van der Waals surface area contributed by atoms with Crippen LogP contribution in [-0.2, 0) is 12.8 Å². The number of benzene rings is 3. The quantitative estimate of drug-likeness (QED) is 0.191. The predicted octanol–water partition coefficient (Wildman–Crippen LogP) is 7.82. The summed E-state index contributed by atoms with van der Waals surface area (Å²) < 4.78 is 42.6. The Kier molecular flexibility index (Phi) is 10.4. The number of aryl methyl sites for hydroxylation is 2. The number of carbonyl (C=O) groups excluding carboxylic acids is 1. The highest BCUT2D eigenvalue weighted by Gasteiger charge is 2.31. The van der Waals surface area contributed by atoms with Gasteiger partial charge >= 0.3 is 12.4 Å². The van der Waals surface area contributed by atoms with Gasteiger partial charge in [0.15, 0.2) is 11.0 Å². The summed E-state index contributed by atoms with van der Waals surface area (Å²) in [6, 6.07) is 21.3. The van der Waals surface area contributed by atoms with Crippen LogP contribution in [0.4, 0.5) is 23.7 Å². The van der Waals surface area contributed by atoms with Gasteiger partial charge in [0.2, 0.25) is 0 Å². The maximum atomic E-state index is 12.8. The van der Waals surface area contributed by atoms with Gasteiger partial charge in [0, 0.05) is 29.6 Å². The van der Waals surface area contributed by atoms with Crippen LogP contribution in [0.2, 0.25) is 0 Å². The standard InChI is InChI=1S/C33H35F3N6O2S/c1-3-25-10-4-5-11-29(25)41-20-7-21-45-32(41)39-31(43)38-23(2)8-6-9-24-12-14-26(15-13-24)30-37-22-42(40-30)27-16-18-28(19-17-27)44-33(34,35)36/h4-5,10-19,22-23H,3,6-9,20-21H2,1-2H3,(H,38,43). The fourth-order valence-corrected chi connectivity index (χ4v) is 6.05. The summed E-state index contributed by atoms with van der Waals surface area (Å²) in [4.78, 5) is 23.8. The Balaban J connectivity index is 1.10. The predicted molar refractivity (Wildman–Crippen MR) is 172 cm³/mol. The zero-order valence-electron chi connectivity index (χ0n) is 25.1. The lowest BCUT2D eigenvalue weighted by Gasteiger charge is -2.31. The Morgan fingerprint density at radius 1 is 1.09 bits per heavy atom. The van der Waals surface area contributed by atoms with Crippen molar-refractivity contribution in [2.75, 3.05) is 17.2 Å². The molecule has 2 amide bonds. The molecule has 0 radical (unpaired) electrons. The Bertz CT molecular complexity index is 1610. The van der Waals surface area contributed by atoms with Gasteiger partial charge in [0.1, 0.15) is 12.1 Å². The molecule has 5 rings (SSSR count). The molecule has 2 heterocycles. The van der Waals surface area contributed by atoms with Crippen LogP contribution in [0.15, 0.2) is 84.1 Å². The molecule has 1 atom stereocenters. The molecule has 1 unspecified atom stereocenters. The average Bonchev–Trinajstić information content (AvgIpc) is 3.52. The first-order valence-electron chi connectivity index (χ1n) is 14.9. The van der Waals surface area contributed by atoms with Gasteiger partial charge in [0.25, 0.3) is 0 Å². The molecular weight excluding hydrogens is 601 g/mol. The van der Waals surface area contributed by atoms with Crippen LogP contribution in [0, 0.1) is 0 Å². The largest absolute Gasteiger partial charge is 0.573 e. The van der Waals surface area contributed by atoms with Gasteiger partial charge in [0.05, 0.1) is 5.69 Å². The molecule has 0 spiro atoms. The SMILES string of the molecule is CCc1ccccc1N1CCCSC1=NC(=O)NC(C)CCCc1ccc(-c2ncn(-c3ccc(OC(F)(F)F)cc3)n2)cc1. The van der Waals surface area contributed by atoms with Crippen molar-refractivity contribution in [1.29, 1.82) is 0 Å². The molecule has 8 nitrogen and oxygen atoms in total. The topological polar surface area (TPSA) is 84.6 Å². The molecule has 3 aromatic carbocycles. The molecule has 1 saturated heterocycles. The number of aliphatic imine (C=N–C) groups is 1. The third kappa shape index (κ3) is 8.87. The van der Waals surface area contributed by atoms with E-state index in [1.807, 2.05) is 43.3 Å². The van der Waals surface area contributed by atoms with Crippen LogP contribution in [0.1, 0.15) is 44.2 Å². The average molecular weight is 637 g/mol. The minimum absolute atomic E-state index is 0.0200. The molecule has 0 bridgehead atoms. The Labute approximate surface area is 264 Å². The number of halogens is 3. The maximum absolute atomic E-state index is 12.8. The number of amidine groups is 1. The first kappa shape index (κ1) is 32.1. The number of ether oxygens (including phenoxy) is 1.